The van der Waals surface area contributed by atoms with E-state index in [1.807, 2.05) is 0 Å². The zero-order chi connectivity index (χ0) is 17.7. The molecule has 0 saturated carbocycles. The first-order valence-corrected chi connectivity index (χ1v) is 7.86. The van der Waals surface area contributed by atoms with Crippen LogP contribution < -0.4 is 0 Å². The van der Waals surface area contributed by atoms with E-state index in [1.165, 1.54) is 11.3 Å². The van der Waals surface area contributed by atoms with E-state index in [2.05, 4.69) is 14.7 Å². The third-order valence-electron chi connectivity index (χ3n) is 3.11. The second kappa shape index (κ2) is 7.75. The summed E-state index contributed by atoms with van der Waals surface area (Å²) in [6.07, 6.45) is -3.65. The lowest BCUT2D eigenvalue weighted by Crippen LogP contribution is -2.25. The van der Waals surface area contributed by atoms with Gasteiger partial charge in [0.1, 0.15) is 0 Å². The van der Waals surface area contributed by atoms with Gasteiger partial charge in [-0.05, 0) is 18.6 Å². The molecular weight excluding hydrogens is 347 g/mol. The van der Waals surface area contributed by atoms with Crippen molar-refractivity contribution in [3.05, 3.63) is 22.9 Å². The van der Waals surface area contributed by atoms with Crippen molar-refractivity contribution < 1.29 is 27.2 Å². The summed E-state index contributed by atoms with van der Waals surface area (Å²) in [5.74, 6) is -1.52. The number of hydrogen-bond acceptors (Lipinski definition) is 6. The van der Waals surface area contributed by atoms with Crippen molar-refractivity contribution in [1.29, 1.82) is 0 Å². The van der Waals surface area contributed by atoms with E-state index in [-0.39, 0.29) is 11.7 Å². The number of carbonyl (C=O) groups is 1. The number of nitrogens with zero attached hydrogens (tertiary/aromatic N) is 3. The van der Waals surface area contributed by atoms with Crippen LogP contribution in [0.3, 0.4) is 0 Å². The van der Waals surface area contributed by atoms with Crippen LogP contribution in [0.25, 0.3) is 10.7 Å². The Kier molecular flexibility index (Phi) is 5.94. The highest BCUT2D eigenvalue weighted by Crippen LogP contribution is 2.31. The van der Waals surface area contributed by atoms with Crippen molar-refractivity contribution in [1.82, 2.24) is 15.0 Å². The van der Waals surface area contributed by atoms with Gasteiger partial charge in [0.25, 0.3) is 0 Å². The maximum Gasteiger partial charge on any atom is 0.471 e. The summed E-state index contributed by atoms with van der Waals surface area (Å²) in [6, 6.07) is 3.33. The largest absolute Gasteiger partial charge is 0.471 e. The zero-order valence-corrected chi connectivity index (χ0v) is 13.9. The summed E-state index contributed by atoms with van der Waals surface area (Å²) in [7, 11) is 3.24. The summed E-state index contributed by atoms with van der Waals surface area (Å²) in [6.45, 7) is 0.878. The molecule has 6 nitrogen and oxygen atoms in total. The van der Waals surface area contributed by atoms with E-state index in [9.17, 15) is 18.0 Å². The smallest absolute Gasteiger partial charge is 0.385 e. The van der Waals surface area contributed by atoms with Crippen molar-refractivity contribution in [3.8, 4) is 10.7 Å². The zero-order valence-electron chi connectivity index (χ0n) is 13.1. The number of rotatable bonds is 7. The van der Waals surface area contributed by atoms with Gasteiger partial charge < -0.3 is 14.2 Å². The molecule has 0 N–H and O–H groups in total. The van der Waals surface area contributed by atoms with Gasteiger partial charge in [0.2, 0.25) is 11.7 Å². The predicted octanol–water partition coefficient (Wildman–Crippen LogP) is 3.20. The Labute approximate surface area is 140 Å². The standard InChI is InChI=1S/C14H16F3N3O3S/c1-20(11(21)4-3-7-22-2)8-9-5-6-10(24-9)12-18-13(23-19-12)14(15,16)17/h5-6H,3-4,7-8H2,1-2H3. The van der Waals surface area contributed by atoms with Gasteiger partial charge in [-0.15, -0.1) is 11.3 Å². The van der Waals surface area contributed by atoms with Gasteiger partial charge in [0, 0.05) is 32.1 Å². The van der Waals surface area contributed by atoms with Crippen LogP contribution in [0.15, 0.2) is 16.7 Å². The van der Waals surface area contributed by atoms with E-state index in [0.29, 0.717) is 30.9 Å². The number of carbonyl (C=O) groups excluding carboxylic acids is 1. The van der Waals surface area contributed by atoms with Gasteiger partial charge in [-0.2, -0.15) is 18.2 Å². The lowest BCUT2D eigenvalue weighted by atomic mass is 10.3. The first-order valence-electron chi connectivity index (χ1n) is 7.04. The van der Waals surface area contributed by atoms with Gasteiger partial charge in [-0.1, -0.05) is 5.16 Å². The van der Waals surface area contributed by atoms with E-state index in [0.717, 1.165) is 4.88 Å². The summed E-state index contributed by atoms with van der Waals surface area (Å²) in [5.41, 5.74) is 0. The normalized spacial score (nSPS) is 11.7. The number of thiophene rings is 1. The minimum absolute atomic E-state index is 0.0269. The van der Waals surface area contributed by atoms with Crippen LogP contribution in [0.5, 0.6) is 0 Å². The van der Waals surface area contributed by atoms with Crippen molar-refractivity contribution >= 4 is 17.2 Å². The van der Waals surface area contributed by atoms with Crippen molar-refractivity contribution in [3.63, 3.8) is 0 Å². The van der Waals surface area contributed by atoms with Crippen LogP contribution in [-0.4, -0.2) is 41.7 Å². The van der Waals surface area contributed by atoms with Crippen LogP contribution in [0.4, 0.5) is 13.2 Å². The molecule has 0 radical (unpaired) electrons. The van der Waals surface area contributed by atoms with E-state index < -0.39 is 12.1 Å². The molecule has 0 aliphatic heterocycles. The second-order valence-corrected chi connectivity index (χ2v) is 6.20. The van der Waals surface area contributed by atoms with Crippen LogP contribution in [-0.2, 0) is 22.3 Å². The number of ether oxygens (including phenoxy) is 1. The molecule has 2 heterocycles. The monoisotopic (exact) mass is 363 g/mol. The summed E-state index contributed by atoms with van der Waals surface area (Å²) < 4.78 is 46.5. The molecule has 2 aromatic rings. The fraction of sp³-hybridized carbons (Fsp3) is 0.500. The van der Waals surface area contributed by atoms with Crippen LogP contribution >= 0.6 is 11.3 Å². The van der Waals surface area contributed by atoms with Gasteiger partial charge in [0.05, 0.1) is 11.4 Å². The molecule has 0 spiro atoms. The number of amides is 1. The van der Waals surface area contributed by atoms with Gasteiger partial charge in [0.15, 0.2) is 0 Å². The molecule has 0 aromatic carbocycles. The van der Waals surface area contributed by atoms with E-state index in [4.69, 9.17) is 4.74 Å². The highest BCUT2D eigenvalue weighted by molar-refractivity contribution is 7.15. The summed E-state index contributed by atoms with van der Waals surface area (Å²) in [4.78, 5) is 18.1. The molecule has 0 bridgehead atoms. The van der Waals surface area contributed by atoms with Crippen molar-refractivity contribution in [2.24, 2.45) is 0 Å². The van der Waals surface area contributed by atoms with Gasteiger partial charge in [-0.25, -0.2) is 0 Å². The topological polar surface area (TPSA) is 68.5 Å². The lowest BCUT2D eigenvalue weighted by molar-refractivity contribution is -0.159. The molecule has 0 aliphatic carbocycles. The Bertz CT molecular complexity index is 684. The maximum absolute atomic E-state index is 12.5. The molecular formula is C14H16F3N3O3S. The number of methoxy groups -OCH3 is 1. The van der Waals surface area contributed by atoms with Gasteiger partial charge >= 0.3 is 12.1 Å². The van der Waals surface area contributed by atoms with E-state index >= 15 is 0 Å². The second-order valence-electron chi connectivity index (χ2n) is 5.03. The van der Waals surface area contributed by atoms with Crippen molar-refractivity contribution in [2.45, 2.75) is 25.6 Å². The predicted molar refractivity (Wildman–Crippen MR) is 80.2 cm³/mol. The Morgan fingerprint density at radius 2 is 2.17 bits per heavy atom. The first-order chi connectivity index (χ1) is 11.3. The number of aromatic nitrogens is 2. The van der Waals surface area contributed by atoms with Crippen LogP contribution in [0.1, 0.15) is 23.6 Å². The minimum atomic E-state index is -4.67. The quantitative estimate of drug-likeness (QED) is 0.707. The molecule has 132 valence electrons. The Hall–Kier alpha value is -1.94. The molecule has 0 aliphatic rings. The summed E-state index contributed by atoms with van der Waals surface area (Å²) >= 11 is 1.21. The average Bonchev–Trinajstić information content (AvgIpc) is 3.15. The number of alkyl halides is 3. The van der Waals surface area contributed by atoms with E-state index in [1.54, 1.807) is 31.2 Å². The number of halogens is 3. The van der Waals surface area contributed by atoms with Crippen molar-refractivity contribution in [2.75, 3.05) is 20.8 Å². The SMILES string of the molecule is COCCCC(=O)N(C)Cc1ccc(-c2noc(C(F)(F)F)n2)s1. The van der Waals surface area contributed by atoms with Crippen LogP contribution in [0, 0.1) is 0 Å². The van der Waals surface area contributed by atoms with Crippen LogP contribution in [0.2, 0.25) is 0 Å². The fourth-order valence-electron chi connectivity index (χ4n) is 1.90. The molecule has 0 unspecified atom stereocenters. The molecule has 2 aromatic heterocycles. The van der Waals surface area contributed by atoms with Gasteiger partial charge in [-0.3, -0.25) is 4.79 Å². The molecule has 0 saturated heterocycles. The molecule has 24 heavy (non-hydrogen) atoms. The highest BCUT2D eigenvalue weighted by atomic mass is 32.1. The molecule has 0 fully saturated rings. The molecule has 10 heteroatoms. The molecule has 0 atom stereocenters. The first kappa shape index (κ1) is 18.4. The molecule has 1 amide bonds. The Morgan fingerprint density at radius 3 is 2.79 bits per heavy atom. The minimum Gasteiger partial charge on any atom is -0.385 e. The number of hydrogen-bond donors (Lipinski definition) is 0. The summed E-state index contributed by atoms with van der Waals surface area (Å²) in [5, 5.41) is 3.34. The lowest BCUT2D eigenvalue weighted by Gasteiger charge is -2.15. The maximum atomic E-state index is 12.5. The third-order valence-corrected chi connectivity index (χ3v) is 4.17. The average molecular weight is 363 g/mol. The Morgan fingerprint density at radius 1 is 1.42 bits per heavy atom. The molecule has 2 rings (SSSR count). The third kappa shape index (κ3) is 4.78. The highest BCUT2D eigenvalue weighted by Gasteiger charge is 2.38. The fourth-order valence-corrected chi connectivity index (χ4v) is 2.89. The Balaban J connectivity index is 1.98.